The Morgan fingerprint density at radius 2 is 0.933 bits per heavy atom. The smallest absolute Gasteiger partial charge is 0.0494 e. The van der Waals surface area contributed by atoms with Crippen LogP contribution in [0.1, 0.15) is 61.2 Å². The molecule has 0 aliphatic heterocycles. The van der Waals surface area contributed by atoms with Gasteiger partial charge in [0.1, 0.15) is 0 Å². The molecular formula is C56H60N2P2. The van der Waals surface area contributed by atoms with Gasteiger partial charge in [0.05, 0.1) is 0 Å². The van der Waals surface area contributed by atoms with E-state index < -0.39 is 21.3 Å². The van der Waals surface area contributed by atoms with Crippen LogP contribution in [0.5, 0.6) is 0 Å². The van der Waals surface area contributed by atoms with Gasteiger partial charge < -0.3 is 10.6 Å². The van der Waals surface area contributed by atoms with Crippen LogP contribution in [-0.4, -0.2) is 32.3 Å². The van der Waals surface area contributed by atoms with Crippen molar-refractivity contribution in [3.05, 3.63) is 206 Å². The third-order valence-corrected chi connectivity index (χ3v) is 17.9. The van der Waals surface area contributed by atoms with Crippen LogP contribution in [0.2, 0.25) is 0 Å². The maximum absolute atomic E-state index is 4.05. The first kappa shape index (κ1) is 42.0. The second-order valence-electron chi connectivity index (χ2n) is 17.4. The number of rotatable bonds is 11. The second kappa shape index (κ2) is 17.4. The van der Waals surface area contributed by atoms with Crippen LogP contribution in [0.3, 0.4) is 0 Å². The Hall–Kier alpha value is -4.68. The standard InChI is InChI=1S/C56H60N2P2/c1-36-22-37(2)27-46(26-36)59(47-28-38(3)23-39(4)29-47)53-34-45-17-12-14-20-51(45)56(54(58-10)35-57-9,52-21-15-18-44-16-11-13-19-50(44)52)55(53)60(48-30-40(5)24-41(6)31-48)49-32-42(7)25-43(8)33-49/h11-34,54-55,57-58H,35H2,1-10H3. The lowest BCUT2D eigenvalue weighted by atomic mass is 9.62. The Morgan fingerprint density at radius 1 is 0.500 bits per heavy atom. The van der Waals surface area contributed by atoms with Gasteiger partial charge in [-0.1, -0.05) is 184 Å². The highest BCUT2D eigenvalue weighted by Gasteiger charge is 2.56. The molecule has 0 heterocycles. The zero-order valence-corrected chi connectivity index (χ0v) is 38.9. The molecular weight excluding hydrogens is 763 g/mol. The highest BCUT2D eigenvalue weighted by molar-refractivity contribution is 7.80. The summed E-state index contributed by atoms with van der Waals surface area (Å²) in [6.07, 6.45) is 2.66. The van der Waals surface area contributed by atoms with Gasteiger partial charge in [0.25, 0.3) is 0 Å². The van der Waals surface area contributed by atoms with Gasteiger partial charge in [-0.15, -0.1) is 0 Å². The molecule has 7 aromatic carbocycles. The monoisotopic (exact) mass is 822 g/mol. The summed E-state index contributed by atoms with van der Waals surface area (Å²) in [5, 5.41) is 17.6. The fourth-order valence-corrected chi connectivity index (χ4v) is 17.6. The Bertz CT molecular complexity index is 2560. The van der Waals surface area contributed by atoms with E-state index in [0.29, 0.717) is 0 Å². The summed E-state index contributed by atoms with van der Waals surface area (Å²) in [6, 6.07) is 55.0. The van der Waals surface area contributed by atoms with Crippen molar-refractivity contribution in [3.8, 4) is 0 Å². The predicted molar refractivity (Wildman–Crippen MR) is 266 cm³/mol. The molecule has 60 heavy (non-hydrogen) atoms. The molecule has 3 unspecified atom stereocenters. The Balaban J connectivity index is 1.64. The molecule has 0 saturated carbocycles. The molecule has 8 rings (SSSR count). The molecule has 2 N–H and O–H groups in total. The molecule has 1 aliphatic rings. The topological polar surface area (TPSA) is 24.1 Å². The Morgan fingerprint density at radius 3 is 1.43 bits per heavy atom. The minimum atomic E-state index is -1.08. The van der Waals surface area contributed by atoms with E-state index in [4.69, 9.17) is 0 Å². The van der Waals surface area contributed by atoms with Crippen LogP contribution in [0.4, 0.5) is 0 Å². The minimum Gasteiger partial charge on any atom is -0.318 e. The van der Waals surface area contributed by atoms with Crippen LogP contribution in [0, 0.1) is 55.4 Å². The Kier molecular flexibility index (Phi) is 12.2. The van der Waals surface area contributed by atoms with E-state index in [1.165, 1.54) is 98.5 Å². The molecule has 0 spiro atoms. The lowest BCUT2D eigenvalue weighted by Gasteiger charge is -2.55. The maximum atomic E-state index is 4.05. The zero-order chi connectivity index (χ0) is 42.3. The normalized spacial score (nSPS) is 16.9. The summed E-state index contributed by atoms with van der Waals surface area (Å²) in [5.74, 6) is 0. The zero-order valence-electron chi connectivity index (χ0n) is 37.1. The first-order chi connectivity index (χ1) is 28.9. The highest BCUT2D eigenvalue weighted by Crippen LogP contribution is 2.66. The molecule has 0 aromatic heterocycles. The highest BCUT2D eigenvalue weighted by atomic mass is 31.1. The summed E-state index contributed by atoms with van der Waals surface area (Å²) in [6.45, 7) is 19.0. The van der Waals surface area contributed by atoms with Crippen molar-refractivity contribution < 1.29 is 0 Å². The van der Waals surface area contributed by atoms with Gasteiger partial charge >= 0.3 is 0 Å². The van der Waals surface area contributed by atoms with Crippen LogP contribution >= 0.6 is 15.8 Å². The molecule has 0 radical (unpaired) electrons. The lowest BCUT2D eigenvalue weighted by molar-refractivity contribution is 0.355. The second-order valence-corrected chi connectivity index (χ2v) is 22.0. The molecule has 4 heteroatoms. The van der Waals surface area contributed by atoms with E-state index >= 15 is 0 Å². The van der Waals surface area contributed by atoms with Crippen molar-refractivity contribution in [2.24, 2.45) is 0 Å². The van der Waals surface area contributed by atoms with Gasteiger partial charge in [-0.2, -0.15) is 0 Å². The first-order valence-electron chi connectivity index (χ1n) is 21.4. The van der Waals surface area contributed by atoms with E-state index in [2.05, 4.69) is 226 Å². The van der Waals surface area contributed by atoms with Crippen molar-refractivity contribution in [2.45, 2.75) is 72.5 Å². The predicted octanol–water partition coefficient (Wildman–Crippen LogP) is 11.4. The number of benzene rings is 7. The molecule has 0 saturated heterocycles. The van der Waals surface area contributed by atoms with Crippen LogP contribution in [0.15, 0.2) is 145 Å². The molecule has 304 valence electrons. The molecule has 0 fully saturated rings. The van der Waals surface area contributed by atoms with Crippen LogP contribution in [0.25, 0.3) is 16.8 Å². The third-order valence-electron chi connectivity index (χ3n) is 12.4. The van der Waals surface area contributed by atoms with Gasteiger partial charge in [-0.3, -0.25) is 0 Å². The van der Waals surface area contributed by atoms with Gasteiger partial charge in [0.2, 0.25) is 0 Å². The van der Waals surface area contributed by atoms with Crippen molar-refractivity contribution in [3.63, 3.8) is 0 Å². The van der Waals surface area contributed by atoms with E-state index in [-0.39, 0.29) is 11.7 Å². The summed E-state index contributed by atoms with van der Waals surface area (Å²) < 4.78 is 0. The Labute approximate surface area is 362 Å². The third kappa shape index (κ3) is 7.85. The van der Waals surface area contributed by atoms with Crippen molar-refractivity contribution in [1.29, 1.82) is 0 Å². The van der Waals surface area contributed by atoms with E-state index in [0.717, 1.165) is 6.54 Å². The van der Waals surface area contributed by atoms with E-state index in [1.54, 1.807) is 0 Å². The van der Waals surface area contributed by atoms with E-state index in [9.17, 15) is 0 Å². The number of hydrogen-bond acceptors (Lipinski definition) is 2. The fourth-order valence-electron chi connectivity index (χ4n) is 10.5. The average Bonchev–Trinajstić information content (AvgIpc) is 3.19. The lowest BCUT2D eigenvalue weighted by Crippen LogP contribution is -2.61. The van der Waals surface area contributed by atoms with E-state index in [1.807, 2.05) is 0 Å². The van der Waals surface area contributed by atoms with Gasteiger partial charge in [0, 0.05) is 23.7 Å². The summed E-state index contributed by atoms with van der Waals surface area (Å²) >= 11 is 0. The molecule has 2 nitrogen and oxygen atoms in total. The molecule has 0 amide bonds. The molecule has 3 atom stereocenters. The first-order valence-corrected chi connectivity index (χ1v) is 24.2. The van der Waals surface area contributed by atoms with Crippen LogP contribution in [-0.2, 0) is 5.41 Å². The average molecular weight is 823 g/mol. The number of allylic oxidation sites excluding steroid dienone is 1. The van der Waals surface area contributed by atoms with Crippen molar-refractivity contribution in [1.82, 2.24) is 10.6 Å². The number of aryl methyl sites for hydroxylation is 8. The molecule has 7 aromatic rings. The summed E-state index contributed by atoms with van der Waals surface area (Å²) in [4.78, 5) is 0. The molecule has 0 bridgehead atoms. The van der Waals surface area contributed by atoms with Gasteiger partial charge in [-0.05, 0) is 145 Å². The SMILES string of the molecule is CNCC(NC)C1(c2cccc3ccccc23)c2ccccc2C=C(P(c2cc(C)cc(C)c2)c2cc(C)cc(C)c2)C1P(c1cc(C)cc(C)c1)c1cc(C)cc(C)c1. The fraction of sp³-hybridized carbons (Fsp3) is 0.250. The number of hydrogen-bond donors (Lipinski definition) is 2. The van der Waals surface area contributed by atoms with Gasteiger partial charge in [-0.25, -0.2) is 0 Å². The van der Waals surface area contributed by atoms with Crippen molar-refractivity contribution in [2.75, 3.05) is 20.6 Å². The minimum absolute atomic E-state index is 0.0142. The quantitative estimate of drug-likeness (QED) is 0.127. The number of likely N-dealkylation sites (N-methyl/N-ethyl adjacent to an activating group) is 2. The molecule has 1 aliphatic carbocycles. The summed E-state index contributed by atoms with van der Waals surface area (Å²) in [5.41, 5.74) is 14.1. The number of fused-ring (bicyclic) bond motifs is 2. The summed E-state index contributed by atoms with van der Waals surface area (Å²) in [7, 11) is 2.19. The largest absolute Gasteiger partial charge is 0.318 e. The maximum Gasteiger partial charge on any atom is 0.0494 e. The number of nitrogens with one attached hydrogen (secondary N) is 2. The van der Waals surface area contributed by atoms with Crippen molar-refractivity contribution >= 4 is 53.9 Å². The van der Waals surface area contributed by atoms with Crippen LogP contribution < -0.4 is 31.9 Å². The van der Waals surface area contributed by atoms with Gasteiger partial charge in [0.15, 0.2) is 0 Å².